The minimum Gasteiger partial charge on any atom is -0.355 e. The third-order valence-electron chi connectivity index (χ3n) is 5.53. The van der Waals surface area contributed by atoms with Crippen LogP contribution in [0.15, 0.2) is 4.79 Å². The molecule has 0 spiro atoms. The van der Waals surface area contributed by atoms with Crippen LogP contribution in [0.5, 0.6) is 0 Å². The van der Waals surface area contributed by atoms with Crippen molar-refractivity contribution >= 4 is 23.2 Å². The van der Waals surface area contributed by atoms with Gasteiger partial charge < -0.3 is 10.2 Å². The van der Waals surface area contributed by atoms with Gasteiger partial charge in [0.15, 0.2) is 0 Å². The monoisotopic (exact) mass is 446 g/mol. The molecule has 0 unspecified atom stereocenters. The van der Waals surface area contributed by atoms with Crippen molar-refractivity contribution in [2.45, 2.75) is 34.1 Å². The van der Waals surface area contributed by atoms with Crippen molar-refractivity contribution in [1.29, 1.82) is 0 Å². The van der Waals surface area contributed by atoms with Crippen LogP contribution in [0.2, 0.25) is 0 Å². The molecule has 9 nitrogen and oxygen atoms in total. The second-order valence-electron chi connectivity index (χ2n) is 7.87. The Labute approximate surface area is 186 Å². The van der Waals surface area contributed by atoms with Crippen molar-refractivity contribution in [2.75, 3.05) is 39.3 Å². The number of thiazole rings is 1. The van der Waals surface area contributed by atoms with E-state index in [2.05, 4.69) is 20.3 Å². The first-order valence-electron chi connectivity index (χ1n) is 10.5. The van der Waals surface area contributed by atoms with Crippen molar-refractivity contribution < 1.29 is 9.59 Å². The standard InChI is InChI=1S/C21H30N6O3S/c1-6-7-22-16(28)12-26-8-10-27(11-9-26)21(30)18-15(4)23-19(31-18)17-13(2)14(3)24-25(5)20(17)29/h6-12H2,1-5H3,(H,22,28). The van der Waals surface area contributed by atoms with E-state index in [1.165, 1.54) is 16.0 Å². The molecule has 0 aliphatic carbocycles. The van der Waals surface area contributed by atoms with Crippen LogP contribution >= 0.6 is 11.3 Å². The molecule has 3 heterocycles. The zero-order valence-corrected chi connectivity index (χ0v) is 19.6. The number of nitrogens with zero attached hydrogens (tertiary/aromatic N) is 5. The van der Waals surface area contributed by atoms with E-state index in [1.54, 1.807) is 18.9 Å². The molecule has 1 fully saturated rings. The smallest absolute Gasteiger partial charge is 0.277 e. The highest BCUT2D eigenvalue weighted by molar-refractivity contribution is 7.17. The van der Waals surface area contributed by atoms with Gasteiger partial charge in [-0.2, -0.15) is 5.10 Å². The molecule has 0 radical (unpaired) electrons. The number of amides is 2. The van der Waals surface area contributed by atoms with Crippen molar-refractivity contribution in [3.63, 3.8) is 0 Å². The van der Waals surface area contributed by atoms with Crippen LogP contribution in [-0.2, 0) is 11.8 Å². The summed E-state index contributed by atoms with van der Waals surface area (Å²) in [7, 11) is 1.62. The van der Waals surface area contributed by atoms with Gasteiger partial charge in [-0.05, 0) is 32.8 Å². The summed E-state index contributed by atoms with van der Waals surface area (Å²) in [6, 6.07) is 0. The van der Waals surface area contributed by atoms with Gasteiger partial charge in [-0.25, -0.2) is 9.67 Å². The summed E-state index contributed by atoms with van der Waals surface area (Å²) in [5, 5.41) is 7.65. The predicted molar refractivity (Wildman–Crippen MR) is 120 cm³/mol. The van der Waals surface area contributed by atoms with Gasteiger partial charge in [0.2, 0.25) is 5.91 Å². The number of piperazine rings is 1. The van der Waals surface area contributed by atoms with E-state index < -0.39 is 0 Å². The van der Waals surface area contributed by atoms with Gasteiger partial charge in [0.25, 0.3) is 11.5 Å². The molecular weight excluding hydrogens is 416 g/mol. The average molecular weight is 447 g/mol. The molecule has 2 amide bonds. The summed E-state index contributed by atoms with van der Waals surface area (Å²) < 4.78 is 1.31. The van der Waals surface area contributed by atoms with Crippen molar-refractivity contribution in [2.24, 2.45) is 7.05 Å². The summed E-state index contributed by atoms with van der Waals surface area (Å²) in [5.41, 5.74) is 2.46. The third-order valence-corrected chi connectivity index (χ3v) is 6.69. The molecule has 0 atom stereocenters. The minimum absolute atomic E-state index is 0.0224. The number of nitrogens with one attached hydrogen (secondary N) is 1. The SMILES string of the molecule is CCCNC(=O)CN1CCN(C(=O)c2sc(-c3c(C)c(C)nn(C)c3=O)nc2C)CC1. The lowest BCUT2D eigenvalue weighted by Crippen LogP contribution is -2.51. The lowest BCUT2D eigenvalue weighted by atomic mass is 10.1. The first-order valence-corrected chi connectivity index (χ1v) is 11.3. The van der Waals surface area contributed by atoms with Crippen LogP contribution in [-0.4, -0.2) is 75.6 Å². The van der Waals surface area contributed by atoms with Crippen molar-refractivity contribution in [3.05, 3.63) is 32.2 Å². The maximum atomic E-state index is 13.1. The molecule has 168 valence electrons. The Bertz CT molecular complexity index is 1040. The van der Waals surface area contributed by atoms with Gasteiger partial charge >= 0.3 is 0 Å². The van der Waals surface area contributed by atoms with E-state index in [-0.39, 0.29) is 17.4 Å². The molecule has 0 saturated carbocycles. The largest absolute Gasteiger partial charge is 0.355 e. The summed E-state index contributed by atoms with van der Waals surface area (Å²) in [5.74, 6) is -0.0502. The van der Waals surface area contributed by atoms with E-state index in [0.29, 0.717) is 60.4 Å². The first kappa shape index (κ1) is 23.1. The van der Waals surface area contributed by atoms with E-state index in [0.717, 1.165) is 17.7 Å². The number of hydrogen-bond acceptors (Lipinski definition) is 7. The number of aromatic nitrogens is 3. The van der Waals surface area contributed by atoms with Crippen LogP contribution in [0.4, 0.5) is 0 Å². The van der Waals surface area contributed by atoms with Gasteiger partial charge in [-0.1, -0.05) is 6.92 Å². The van der Waals surface area contributed by atoms with E-state index >= 15 is 0 Å². The Morgan fingerprint density at radius 3 is 2.42 bits per heavy atom. The predicted octanol–water partition coefficient (Wildman–Crippen LogP) is 1.11. The molecule has 1 aliphatic heterocycles. The van der Waals surface area contributed by atoms with Crippen molar-refractivity contribution in [1.82, 2.24) is 29.9 Å². The fraction of sp³-hybridized carbons (Fsp3) is 0.571. The van der Waals surface area contributed by atoms with Crippen LogP contribution < -0.4 is 10.9 Å². The number of carbonyl (C=O) groups excluding carboxylic acids is 2. The summed E-state index contributed by atoms with van der Waals surface area (Å²) in [6.07, 6.45) is 0.912. The third kappa shape index (κ3) is 5.01. The topological polar surface area (TPSA) is 100 Å². The second-order valence-corrected chi connectivity index (χ2v) is 8.87. The van der Waals surface area contributed by atoms with Crippen LogP contribution in [0.3, 0.4) is 0 Å². The molecule has 2 aromatic heterocycles. The zero-order chi connectivity index (χ0) is 22.7. The van der Waals surface area contributed by atoms with Gasteiger partial charge in [0.05, 0.1) is 23.5 Å². The van der Waals surface area contributed by atoms with E-state index in [9.17, 15) is 14.4 Å². The van der Waals surface area contributed by atoms with Crippen LogP contribution in [0.1, 0.15) is 40.0 Å². The van der Waals surface area contributed by atoms with Crippen molar-refractivity contribution in [3.8, 4) is 10.6 Å². The highest BCUT2D eigenvalue weighted by atomic mass is 32.1. The van der Waals surface area contributed by atoms with E-state index in [1.807, 2.05) is 20.8 Å². The molecule has 0 bridgehead atoms. The molecule has 3 rings (SSSR count). The molecule has 1 N–H and O–H groups in total. The van der Waals surface area contributed by atoms with Crippen LogP contribution in [0.25, 0.3) is 10.6 Å². The molecule has 10 heteroatoms. The fourth-order valence-electron chi connectivity index (χ4n) is 3.58. The van der Waals surface area contributed by atoms with Crippen LogP contribution in [0, 0.1) is 20.8 Å². The van der Waals surface area contributed by atoms with E-state index in [4.69, 9.17) is 0 Å². The maximum Gasteiger partial charge on any atom is 0.277 e. The highest BCUT2D eigenvalue weighted by Crippen LogP contribution is 2.29. The summed E-state index contributed by atoms with van der Waals surface area (Å²) in [6.45, 7) is 11.0. The van der Waals surface area contributed by atoms with Gasteiger partial charge in [-0.15, -0.1) is 11.3 Å². The fourth-order valence-corrected chi connectivity index (χ4v) is 4.71. The molecule has 31 heavy (non-hydrogen) atoms. The zero-order valence-electron chi connectivity index (χ0n) is 18.8. The van der Waals surface area contributed by atoms with Gasteiger partial charge in [0, 0.05) is 39.8 Å². The summed E-state index contributed by atoms with van der Waals surface area (Å²) in [4.78, 5) is 46.7. The maximum absolute atomic E-state index is 13.1. The molecule has 1 aliphatic rings. The summed E-state index contributed by atoms with van der Waals surface area (Å²) >= 11 is 1.26. The molecular formula is C21H30N6O3S. The Kier molecular flexibility index (Phi) is 7.22. The van der Waals surface area contributed by atoms with Gasteiger partial charge in [0.1, 0.15) is 9.88 Å². The Morgan fingerprint density at radius 2 is 1.77 bits per heavy atom. The number of carbonyl (C=O) groups is 2. The number of aryl methyl sites for hydroxylation is 3. The number of rotatable bonds is 6. The Balaban J connectivity index is 1.72. The molecule has 0 aromatic carbocycles. The quantitative estimate of drug-likeness (QED) is 0.714. The second kappa shape index (κ2) is 9.69. The Morgan fingerprint density at radius 1 is 1.10 bits per heavy atom. The minimum atomic E-state index is -0.217. The normalized spacial score (nSPS) is 14.7. The van der Waals surface area contributed by atoms with Gasteiger partial charge in [-0.3, -0.25) is 19.3 Å². The Hall–Kier alpha value is -2.59. The number of hydrogen-bond donors (Lipinski definition) is 1. The molecule has 2 aromatic rings. The lowest BCUT2D eigenvalue weighted by molar-refractivity contribution is -0.122. The first-order chi connectivity index (χ1) is 14.7. The average Bonchev–Trinajstić information content (AvgIpc) is 3.12. The highest BCUT2D eigenvalue weighted by Gasteiger charge is 2.27. The molecule has 1 saturated heterocycles. The lowest BCUT2D eigenvalue weighted by Gasteiger charge is -2.34.